The van der Waals surface area contributed by atoms with Crippen molar-refractivity contribution in [3.05, 3.63) is 42.2 Å². The third kappa shape index (κ3) is 2.31. The Morgan fingerprint density at radius 1 is 1.26 bits per heavy atom. The third-order valence-electron chi connectivity index (χ3n) is 3.26. The molecule has 98 valence electrons. The highest BCUT2D eigenvalue weighted by atomic mass is 15.3. The largest absolute Gasteiger partial charge is 0.369 e. The van der Waals surface area contributed by atoms with Gasteiger partial charge in [0.2, 0.25) is 5.95 Å². The van der Waals surface area contributed by atoms with Gasteiger partial charge in [0.25, 0.3) is 0 Å². The fourth-order valence-corrected chi connectivity index (χ4v) is 2.32. The Bertz CT molecular complexity index is 681. The van der Waals surface area contributed by atoms with Crippen LogP contribution >= 0.6 is 0 Å². The van der Waals surface area contributed by atoms with Crippen LogP contribution in [-0.2, 0) is 13.1 Å². The molecule has 1 aromatic carbocycles. The van der Waals surface area contributed by atoms with Crippen molar-refractivity contribution in [1.82, 2.24) is 19.3 Å². The van der Waals surface area contributed by atoms with Crippen LogP contribution in [0, 0.1) is 6.92 Å². The summed E-state index contributed by atoms with van der Waals surface area (Å²) in [6.45, 7) is 3.80. The molecule has 2 heterocycles. The SMILES string of the molecule is Cc1ccc2c(c1)nc(N)n2CCCn1cccn1. The van der Waals surface area contributed by atoms with Gasteiger partial charge < -0.3 is 10.3 Å². The van der Waals surface area contributed by atoms with Crippen LogP contribution in [0.15, 0.2) is 36.7 Å². The molecule has 0 saturated heterocycles. The molecule has 0 atom stereocenters. The molecule has 3 aromatic rings. The van der Waals surface area contributed by atoms with Gasteiger partial charge in [-0.25, -0.2) is 4.98 Å². The number of aromatic nitrogens is 4. The molecule has 0 radical (unpaired) electrons. The van der Waals surface area contributed by atoms with Gasteiger partial charge in [-0.05, 0) is 37.1 Å². The molecule has 0 aliphatic heterocycles. The molecule has 2 aromatic heterocycles. The van der Waals surface area contributed by atoms with E-state index in [1.54, 1.807) is 6.20 Å². The molecule has 0 bridgehead atoms. The second-order valence-corrected chi connectivity index (χ2v) is 4.74. The van der Waals surface area contributed by atoms with Crippen LogP contribution in [0.1, 0.15) is 12.0 Å². The molecular weight excluding hydrogens is 238 g/mol. The zero-order chi connectivity index (χ0) is 13.2. The van der Waals surface area contributed by atoms with Crippen LogP contribution < -0.4 is 5.73 Å². The number of fused-ring (bicyclic) bond motifs is 1. The smallest absolute Gasteiger partial charge is 0.201 e. The Balaban J connectivity index is 1.78. The maximum atomic E-state index is 5.99. The van der Waals surface area contributed by atoms with E-state index in [4.69, 9.17) is 5.73 Å². The van der Waals surface area contributed by atoms with Crippen LogP contribution in [-0.4, -0.2) is 19.3 Å². The van der Waals surface area contributed by atoms with Crippen molar-refractivity contribution in [2.24, 2.45) is 0 Å². The molecule has 0 aliphatic rings. The van der Waals surface area contributed by atoms with Gasteiger partial charge in [0.05, 0.1) is 11.0 Å². The van der Waals surface area contributed by atoms with Gasteiger partial charge in [0.1, 0.15) is 0 Å². The van der Waals surface area contributed by atoms with E-state index in [1.807, 2.05) is 16.9 Å². The lowest BCUT2D eigenvalue weighted by Crippen LogP contribution is -2.07. The van der Waals surface area contributed by atoms with Crippen LogP contribution in [0.4, 0.5) is 5.95 Å². The quantitative estimate of drug-likeness (QED) is 0.777. The first kappa shape index (κ1) is 11.8. The zero-order valence-corrected chi connectivity index (χ0v) is 11.0. The monoisotopic (exact) mass is 255 g/mol. The summed E-state index contributed by atoms with van der Waals surface area (Å²) in [5.41, 5.74) is 9.26. The summed E-state index contributed by atoms with van der Waals surface area (Å²) in [6, 6.07) is 8.18. The molecule has 0 spiro atoms. The van der Waals surface area contributed by atoms with Gasteiger partial charge in [0.15, 0.2) is 0 Å². The van der Waals surface area contributed by atoms with Gasteiger partial charge >= 0.3 is 0 Å². The van der Waals surface area contributed by atoms with Crippen LogP contribution in [0.2, 0.25) is 0 Å². The topological polar surface area (TPSA) is 61.7 Å². The zero-order valence-electron chi connectivity index (χ0n) is 11.0. The van der Waals surface area contributed by atoms with E-state index in [2.05, 4.69) is 39.8 Å². The summed E-state index contributed by atoms with van der Waals surface area (Å²) in [5.74, 6) is 0.584. The number of hydrogen-bond acceptors (Lipinski definition) is 3. The molecule has 0 saturated carbocycles. The molecule has 2 N–H and O–H groups in total. The van der Waals surface area contributed by atoms with Crippen molar-refractivity contribution in [2.75, 3.05) is 5.73 Å². The predicted octanol–water partition coefficient (Wildman–Crippen LogP) is 2.21. The van der Waals surface area contributed by atoms with Crippen molar-refractivity contribution in [1.29, 1.82) is 0 Å². The summed E-state index contributed by atoms with van der Waals surface area (Å²) in [5, 5.41) is 4.19. The minimum absolute atomic E-state index is 0.584. The Hall–Kier alpha value is -2.30. The number of benzene rings is 1. The van der Waals surface area contributed by atoms with Crippen LogP contribution in [0.5, 0.6) is 0 Å². The number of nitrogens with zero attached hydrogens (tertiary/aromatic N) is 4. The maximum absolute atomic E-state index is 5.99. The molecule has 5 heteroatoms. The summed E-state index contributed by atoms with van der Waals surface area (Å²) in [4.78, 5) is 4.41. The molecule has 19 heavy (non-hydrogen) atoms. The lowest BCUT2D eigenvalue weighted by atomic mass is 10.2. The first-order valence-corrected chi connectivity index (χ1v) is 6.44. The molecule has 0 unspecified atom stereocenters. The van der Waals surface area contributed by atoms with Gasteiger partial charge in [-0.15, -0.1) is 0 Å². The van der Waals surface area contributed by atoms with E-state index in [9.17, 15) is 0 Å². The molecule has 0 amide bonds. The minimum atomic E-state index is 0.584. The van der Waals surface area contributed by atoms with E-state index < -0.39 is 0 Å². The summed E-state index contributed by atoms with van der Waals surface area (Å²) >= 11 is 0. The summed E-state index contributed by atoms with van der Waals surface area (Å²) in [7, 11) is 0. The van der Waals surface area contributed by atoms with Gasteiger partial charge in [0, 0.05) is 25.5 Å². The third-order valence-corrected chi connectivity index (χ3v) is 3.26. The fourth-order valence-electron chi connectivity index (χ4n) is 2.32. The number of anilines is 1. The second kappa shape index (κ2) is 4.76. The highest BCUT2D eigenvalue weighted by molar-refractivity contribution is 5.79. The van der Waals surface area contributed by atoms with E-state index in [1.165, 1.54) is 5.56 Å². The lowest BCUT2D eigenvalue weighted by Gasteiger charge is -2.06. The van der Waals surface area contributed by atoms with Gasteiger partial charge in [-0.1, -0.05) is 6.07 Å². The number of rotatable bonds is 4. The van der Waals surface area contributed by atoms with Crippen molar-refractivity contribution in [2.45, 2.75) is 26.4 Å². The van der Waals surface area contributed by atoms with Crippen LogP contribution in [0.3, 0.4) is 0 Å². The standard InChI is InChI=1S/C14H17N5/c1-11-4-5-13-12(10-11)17-14(15)19(13)9-3-8-18-7-2-6-16-18/h2,4-7,10H,3,8-9H2,1H3,(H2,15,17). The lowest BCUT2D eigenvalue weighted by molar-refractivity contribution is 0.535. The van der Waals surface area contributed by atoms with Crippen molar-refractivity contribution >= 4 is 17.0 Å². The molecule has 0 aliphatic carbocycles. The Kier molecular flexibility index (Phi) is 2.95. The van der Waals surface area contributed by atoms with Crippen LogP contribution in [0.25, 0.3) is 11.0 Å². The Morgan fingerprint density at radius 2 is 2.16 bits per heavy atom. The first-order chi connectivity index (χ1) is 9.24. The van der Waals surface area contributed by atoms with Gasteiger partial charge in [-0.2, -0.15) is 5.10 Å². The number of nitrogens with two attached hydrogens (primary N) is 1. The predicted molar refractivity (Wildman–Crippen MR) is 75.7 cm³/mol. The molecular formula is C14H17N5. The summed E-state index contributed by atoms with van der Waals surface area (Å²) < 4.78 is 4.00. The van der Waals surface area contributed by atoms with E-state index in [0.717, 1.165) is 30.5 Å². The van der Waals surface area contributed by atoms with Crippen molar-refractivity contribution in [3.8, 4) is 0 Å². The van der Waals surface area contributed by atoms with Crippen molar-refractivity contribution in [3.63, 3.8) is 0 Å². The average Bonchev–Trinajstić information content (AvgIpc) is 2.98. The van der Waals surface area contributed by atoms with E-state index in [0.29, 0.717) is 5.95 Å². The maximum Gasteiger partial charge on any atom is 0.201 e. The highest BCUT2D eigenvalue weighted by Gasteiger charge is 2.07. The van der Waals surface area contributed by atoms with E-state index >= 15 is 0 Å². The number of nitrogen functional groups attached to an aromatic ring is 1. The van der Waals surface area contributed by atoms with Crippen molar-refractivity contribution < 1.29 is 0 Å². The molecule has 0 fully saturated rings. The number of aryl methyl sites for hydroxylation is 3. The first-order valence-electron chi connectivity index (χ1n) is 6.44. The molecule has 5 nitrogen and oxygen atoms in total. The van der Waals surface area contributed by atoms with Gasteiger partial charge in [-0.3, -0.25) is 4.68 Å². The molecule has 3 rings (SSSR count). The normalized spacial score (nSPS) is 11.2. The highest BCUT2D eigenvalue weighted by Crippen LogP contribution is 2.19. The number of hydrogen-bond donors (Lipinski definition) is 1. The summed E-state index contributed by atoms with van der Waals surface area (Å²) in [6.07, 6.45) is 4.74. The Labute approximate surface area is 111 Å². The van der Waals surface area contributed by atoms with E-state index in [-0.39, 0.29) is 0 Å². The fraction of sp³-hybridized carbons (Fsp3) is 0.286. The minimum Gasteiger partial charge on any atom is -0.369 e. The average molecular weight is 255 g/mol. The second-order valence-electron chi connectivity index (χ2n) is 4.74. The Morgan fingerprint density at radius 3 is 2.95 bits per heavy atom. The number of imidazole rings is 1.